The molecule has 1 aliphatic carbocycles. The summed E-state index contributed by atoms with van der Waals surface area (Å²) in [5, 5.41) is 12.4. The number of ether oxygens (including phenoxy) is 1. The molecule has 0 radical (unpaired) electrons. The highest BCUT2D eigenvalue weighted by molar-refractivity contribution is 5.68. The number of hydrogen-bond acceptors (Lipinski definition) is 3. The molecule has 2 unspecified atom stereocenters. The first-order chi connectivity index (χ1) is 7.37. The molecule has 16 heavy (non-hydrogen) atoms. The van der Waals surface area contributed by atoms with E-state index in [1.54, 1.807) is 0 Å². The van der Waals surface area contributed by atoms with Crippen molar-refractivity contribution in [2.75, 3.05) is 0 Å². The molecule has 1 saturated carbocycles. The normalized spacial score (nSPS) is 27.0. The van der Waals surface area contributed by atoms with Crippen molar-refractivity contribution in [2.45, 2.75) is 70.6 Å². The maximum absolute atomic E-state index is 11.5. The van der Waals surface area contributed by atoms with E-state index in [2.05, 4.69) is 5.32 Å². The Balaban J connectivity index is 2.37. The van der Waals surface area contributed by atoms with E-state index >= 15 is 0 Å². The van der Waals surface area contributed by atoms with Crippen LogP contribution in [0.1, 0.15) is 52.9 Å². The number of aliphatic hydroxyl groups is 1. The lowest BCUT2D eigenvalue weighted by atomic mass is 10.1. The Morgan fingerprint density at radius 1 is 1.31 bits per heavy atom. The lowest BCUT2D eigenvalue weighted by molar-refractivity contribution is 0.0485. The van der Waals surface area contributed by atoms with Gasteiger partial charge < -0.3 is 15.2 Å². The number of carbonyl (C=O) groups excluding carboxylic acids is 1. The van der Waals surface area contributed by atoms with E-state index in [0.717, 1.165) is 25.7 Å². The van der Waals surface area contributed by atoms with Gasteiger partial charge in [0.1, 0.15) is 5.60 Å². The quantitative estimate of drug-likeness (QED) is 0.678. The van der Waals surface area contributed by atoms with Gasteiger partial charge >= 0.3 is 6.09 Å². The summed E-state index contributed by atoms with van der Waals surface area (Å²) in [6.45, 7) is 5.53. The molecule has 1 amide bonds. The van der Waals surface area contributed by atoms with Crippen LogP contribution in [0.3, 0.4) is 0 Å². The zero-order valence-corrected chi connectivity index (χ0v) is 10.5. The molecule has 0 heterocycles. The highest BCUT2D eigenvalue weighted by atomic mass is 16.6. The van der Waals surface area contributed by atoms with Crippen molar-refractivity contribution in [3.63, 3.8) is 0 Å². The maximum Gasteiger partial charge on any atom is 0.407 e. The van der Waals surface area contributed by atoms with Crippen molar-refractivity contribution in [2.24, 2.45) is 0 Å². The van der Waals surface area contributed by atoms with E-state index in [-0.39, 0.29) is 18.2 Å². The summed E-state index contributed by atoms with van der Waals surface area (Å²) in [7, 11) is 0. The molecule has 1 fully saturated rings. The third-order valence-electron chi connectivity index (χ3n) is 2.62. The van der Waals surface area contributed by atoms with Gasteiger partial charge in [0, 0.05) is 6.04 Å². The van der Waals surface area contributed by atoms with Crippen molar-refractivity contribution < 1.29 is 14.6 Å². The second-order valence-electron chi connectivity index (χ2n) is 5.52. The number of rotatable bonds is 1. The predicted molar refractivity (Wildman–Crippen MR) is 62.2 cm³/mol. The molecule has 0 aromatic heterocycles. The highest BCUT2D eigenvalue weighted by Gasteiger charge is 2.22. The van der Waals surface area contributed by atoms with Gasteiger partial charge in [-0.3, -0.25) is 0 Å². The summed E-state index contributed by atoms with van der Waals surface area (Å²) in [6.07, 6.45) is 3.82. The SMILES string of the molecule is CC(C)(C)OC(=O)NC1CCCCC(O)C1. The average Bonchev–Trinajstić information content (AvgIpc) is 2.26. The van der Waals surface area contributed by atoms with Gasteiger partial charge in [0.05, 0.1) is 6.10 Å². The fourth-order valence-electron chi connectivity index (χ4n) is 1.94. The Labute approximate surface area is 97.4 Å². The van der Waals surface area contributed by atoms with Crippen molar-refractivity contribution in [3.8, 4) is 0 Å². The van der Waals surface area contributed by atoms with Crippen molar-refractivity contribution in [3.05, 3.63) is 0 Å². The first-order valence-corrected chi connectivity index (χ1v) is 6.04. The minimum Gasteiger partial charge on any atom is -0.444 e. The second-order valence-corrected chi connectivity index (χ2v) is 5.52. The molecule has 0 spiro atoms. The molecule has 0 aromatic rings. The number of nitrogens with one attached hydrogen (secondary N) is 1. The summed E-state index contributed by atoms with van der Waals surface area (Å²) in [5.41, 5.74) is -0.465. The smallest absolute Gasteiger partial charge is 0.407 e. The summed E-state index contributed by atoms with van der Waals surface area (Å²) >= 11 is 0. The minimum absolute atomic E-state index is 0.0485. The molecule has 0 aromatic carbocycles. The molecule has 0 aliphatic heterocycles. The number of alkyl carbamates (subject to hydrolysis) is 1. The van der Waals surface area contributed by atoms with Gasteiger partial charge in [0.15, 0.2) is 0 Å². The number of carbonyl (C=O) groups is 1. The summed E-state index contributed by atoms with van der Waals surface area (Å²) < 4.78 is 5.18. The topological polar surface area (TPSA) is 58.6 Å². The fraction of sp³-hybridized carbons (Fsp3) is 0.917. The third kappa shape index (κ3) is 5.35. The van der Waals surface area contributed by atoms with Crippen molar-refractivity contribution in [1.82, 2.24) is 5.32 Å². The van der Waals surface area contributed by atoms with Crippen LogP contribution in [0.4, 0.5) is 4.79 Å². The molecule has 94 valence electrons. The monoisotopic (exact) mass is 229 g/mol. The summed E-state index contributed by atoms with van der Waals surface area (Å²) in [4.78, 5) is 11.5. The maximum atomic E-state index is 11.5. The molecule has 4 nitrogen and oxygen atoms in total. The Hall–Kier alpha value is -0.770. The molecule has 0 saturated heterocycles. The van der Waals surface area contributed by atoms with Gasteiger partial charge in [-0.15, -0.1) is 0 Å². The lowest BCUT2D eigenvalue weighted by Crippen LogP contribution is -2.40. The zero-order valence-electron chi connectivity index (χ0n) is 10.5. The van der Waals surface area contributed by atoms with Crippen LogP contribution < -0.4 is 5.32 Å². The van der Waals surface area contributed by atoms with Crippen LogP contribution in [0.5, 0.6) is 0 Å². The number of aliphatic hydroxyl groups excluding tert-OH is 1. The fourth-order valence-corrected chi connectivity index (χ4v) is 1.94. The van der Waals surface area contributed by atoms with Crippen LogP contribution in [-0.4, -0.2) is 28.9 Å². The van der Waals surface area contributed by atoms with Gasteiger partial charge in [-0.1, -0.05) is 12.8 Å². The highest BCUT2D eigenvalue weighted by Crippen LogP contribution is 2.18. The Kier molecular flexibility index (Phi) is 4.59. The molecule has 2 N–H and O–H groups in total. The average molecular weight is 229 g/mol. The third-order valence-corrected chi connectivity index (χ3v) is 2.62. The molecule has 1 aliphatic rings. The predicted octanol–water partition coefficient (Wildman–Crippen LogP) is 2.20. The van der Waals surface area contributed by atoms with Gasteiger partial charge in [-0.25, -0.2) is 4.79 Å². The Morgan fingerprint density at radius 2 is 1.94 bits per heavy atom. The molecule has 1 rings (SSSR count). The molecule has 0 bridgehead atoms. The van der Waals surface area contributed by atoms with Gasteiger partial charge in [-0.2, -0.15) is 0 Å². The van der Waals surface area contributed by atoms with Crippen molar-refractivity contribution in [1.29, 1.82) is 0 Å². The first kappa shape index (κ1) is 13.3. The van der Waals surface area contributed by atoms with E-state index in [9.17, 15) is 9.90 Å². The van der Waals surface area contributed by atoms with Crippen LogP contribution in [0.15, 0.2) is 0 Å². The number of amides is 1. The largest absolute Gasteiger partial charge is 0.444 e. The molecule has 2 atom stereocenters. The lowest BCUT2D eigenvalue weighted by Gasteiger charge is -2.23. The number of hydrogen-bond donors (Lipinski definition) is 2. The van der Waals surface area contributed by atoms with Gasteiger partial charge in [0.25, 0.3) is 0 Å². The van der Waals surface area contributed by atoms with Crippen LogP contribution in [-0.2, 0) is 4.74 Å². The minimum atomic E-state index is -0.465. The summed E-state index contributed by atoms with van der Waals surface area (Å²) in [5.74, 6) is 0. The Morgan fingerprint density at radius 3 is 2.56 bits per heavy atom. The van der Waals surface area contributed by atoms with Crippen LogP contribution in [0, 0.1) is 0 Å². The molecular weight excluding hydrogens is 206 g/mol. The standard InChI is InChI=1S/C12H23NO3/c1-12(2,3)16-11(15)13-9-6-4-5-7-10(14)8-9/h9-10,14H,4-8H2,1-3H3,(H,13,15). The van der Waals surface area contributed by atoms with E-state index in [1.807, 2.05) is 20.8 Å². The van der Waals surface area contributed by atoms with Gasteiger partial charge in [0.2, 0.25) is 0 Å². The van der Waals surface area contributed by atoms with E-state index < -0.39 is 5.60 Å². The Bertz CT molecular complexity index is 235. The molecule has 4 heteroatoms. The van der Waals surface area contributed by atoms with E-state index in [1.165, 1.54) is 0 Å². The van der Waals surface area contributed by atoms with Crippen LogP contribution >= 0.6 is 0 Å². The van der Waals surface area contributed by atoms with Crippen LogP contribution in [0.25, 0.3) is 0 Å². The van der Waals surface area contributed by atoms with E-state index in [0.29, 0.717) is 6.42 Å². The van der Waals surface area contributed by atoms with Crippen LogP contribution in [0.2, 0.25) is 0 Å². The van der Waals surface area contributed by atoms with E-state index in [4.69, 9.17) is 4.74 Å². The van der Waals surface area contributed by atoms with Crippen molar-refractivity contribution >= 4 is 6.09 Å². The zero-order chi connectivity index (χ0) is 12.2. The molecular formula is C12H23NO3. The van der Waals surface area contributed by atoms with Gasteiger partial charge in [-0.05, 0) is 40.0 Å². The second kappa shape index (κ2) is 5.53. The first-order valence-electron chi connectivity index (χ1n) is 6.04. The summed E-state index contributed by atoms with van der Waals surface area (Å²) in [6, 6.07) is 0.0485.